The SMILES string of the molecule is CC(C)(C)OC(=O)NCC(=O)NCC(=O)OCO. The minimum absolute atomic E-state index is 0.318. The number of aliphatic hydroxyl groups excluding tert-OH is 1. The molecule has 0 saturated heterocycles. The lowest BCUT2D eigenvalue weighted by Crippen LogP contribution is -2.41. The highest BCUT2D eigenvalue weighted by molar-refractivity contribution is 5.85. The molecule has 0 rings (SSSR count). The van der Waals surface area contributed by atoms with Crippen LogP contribution in [0.15, 0.2) is 0 Å². The number of amides is 2. The minimum Gasteiger partial charge on any atom is -0.444 e. The van der Waals surface area contributed by atoms with Crippen molar-refractivity contribution >= 4 is 18.0 Å². The number of esters is 1. The third kappa shape index (κ3) is 9.40. The molecule has 0 aromatic carbocycles. The number of ether oxygens (including phenoxy) is 2. The molecule has 0 aliphatic heterocycles. The molecular weight excluding hydrogens is 244 g/mol. The van der Waals surface area contributed by atoms with Crippen LogP contribution >= 0.6 is 0 Å². The molecule has 0 bridgehead atoms. The van der Waals surface area contributed by atoms with Crippen LogP contribution < -0.4 is 10.6 Å². The van der Waals surface area contributed by atoms with Gasteiger partial charge in [0.2, 0.25) is 5.91 Å². The standard InChI is InChI=1S/C10H18N2O6/c1-10(2,3)18-9(16)12-4-7(14)11-5-8(15)17-6-13/h13H,4-6H2,1-3H3,(H,11,14)(H,12,16). The highest BCUT2D eigenvalue weighted by Crippen LogP contribution is 2.05. The zero-order valence-corrected chi connectivity index (χ0v) is 10.6. The lowest BCUT2D eigenvalue weighted by atomic mass is 10.2. The van der Waals surface area contributed by atoms with E-state index in [0.717, 1.165) is 0 Å². The van der Waals surface area contributed by atoms with E-state index in [1.54, 1.807) is 20.8 Å². The molecule has 3 N–H and O–H groups in total. The Morgan fingerprint density at radius 2 is 1.72 bits per heavy atom. The van der Waals surface area contributed by atoms with Gasteiger partial charge in [0.15, 0.2) is 6.79 Å². The Kier molecular flexibility index (Phi) is 6.73. The van der Waals surface area contributed by atoms with E-state index in [4.69, 9.17) is 9.84 Å². The zero-order chi connectivity index (χ0) is 14.2. The summed E-state index contributed by atoms with van der Waals surface area (Å²) in [6, 6.07) is 0. The Morgan fingerprint density at radius 1 is 1.11 bits per heavy atom. The third-order valence-corrected chi connectivity index (χ3v) is 1.45. The first kappa shape index (κ1) is 16.2. The number of carbonyl (C=O) groups excluding carboxylic acids is 3. The van der Waals surface area contributed by atoms with Gasteiger partial charge >= 0.3 is 12.1 Å². The molecule has 0 aromatic heterocycles. The van der Waals surface area contributed by atoms with Crippen molar-refractivity contribution in [2.24, 2.45) is 0 Å². The van der Waals surface area contributed by atoms with E-state index in [1.807, 2.05) is 0 Å². The molecule has 0 saturated carbocycles. The van der Waals surface area contributed by atoms with Gasteiger partial charge in [0, 0.05) is 0 Å². The Morgan fingerprint density at radius 3 is 2.22 bits per heavy atom. The number of nitrogens with one attached hydrogen (secondary N) is 2. The maximum Gasteiger partial charge on any atom is 0.408 e. The van der Waals surface area contributed by atoms with Gasteiger partial charge in [-0.1, -0.05) is 0 Å². The third-order valence-electron chi connectivity index (χ3n) is 1.45. The maximum absolute atomic E-state index is 11.2. The van der Waals surface area contributed by atoms with Crippen molar-refractivity contribution in [1.29, 1.82) is 0 Å². The van der Waals surface area contributed by atoms with E-state index in [2.05, 4.69) is 15.4 Å². The first-order valence-electron chi connectivity index (χ1n) is 5.24. The second-order valence-corrected chi connectivity index (χ2v) is 4.28. The summed E-state index contributed by atoms with van der Waals surface area (Å²) in [6.45, 7) is 3.63. The molecule has 0 spiro atoms. The second kappa shape index (κ2) is 7.49. The lowest BCUT2D eigenvalue weighted by molar-refractivity contribution is -0.151. The fraction of sp³-hybridized carbons (Fsp3) is 0.700. The molecule has 0 fully saturated rings. The molecule has 0 aliphatic carbocycles. The molecule has 104 valence electrons. The van der Waals surface area contributed by atoms with Crippen LogP contribution in [0, 0.1) is 0 Å². The summed E-state index contributed by atoms with van der Waals surface area (Å²) in [6.07, 6.45) is -0.726. The van der Waals surface area contributed by atoms with Gasteiger partial charge in [-0.3, -0.25) is 9.59 Å². The molecule has 2 amide bonds. The Bertz CT molecular complexity index is 310. The van der Waals surface area contributed by atoms with Gasteiger partial charge in [-0.05, 0) is 20.8 Å². The Balaban J connectivity index is 3.77. The normalized spacial score (nSPS) is 10.4. The van der Waals surface area contributed by atoms with Gasteiger partial charge in [0.25, 0.3) is 0 Å². The minimum atomic E-state index is -0.775. The summed E-state index contributed by atoms with van der Waals surface area (Å²) in [5.41, 5.74) is -0.647. The topological polar surface area (TPSA) is 114 Å². The summed E-state index contributed by atoms with van der Waals surface area (Å²) in [4.78, 5) is 33.1. The lowest BCUT2D eigenvalue weighted by Gasteiger charge is -2.19. The number of carbonyl (C=O) groups is 3. The molecule has 8 nitrogen and oxygen atoms in total. The van der Waals surface area contributed by atoms with Gasteiger partial charge in [-0.2, -0.15) is 0 Å². The van der Waals surface area contributed by atoms with E-state index in [9.17, 15) is 14.4 Å². The summed E-state index contributed by atoms with van der Waals surface area (Å²) in [7, 11) is 0. The molecule has 0 heterocycles. The zero-order valence-electron chi connectivity index (χ0n) is 10.6. The van der Waals surface area contributed by atoms with Crippen molar-refractivity contribution in [1.82, 2.24) is 10.6 Å². The molecule has 8 heteroatoms. The van der Waals surface area contributed by atoms with Crippen LogP contribution in [0.5, 0.6) is 0 Å². The van der Waals surface area contributed by atoms with Gasteiger partial charge in [-0.15, -0.1) is 0 Å². The van der Waals surface area contributed by atoms with Crippen LogP contribution in [0.25, 0.3) is 0 Å². The van der Waals surface area contributed by atoms with Crippen molar-refractivity contribution in [2.45, 2.75) is 26.4 Å². The van der Waals surface area contributed by atoms with Crippen molar-refractivity contribution in [3.05, 3.63) is 0 Å². The van der Waals surface area contributed by atoms with Crippen LogP contribution in [0.3, 0.4) is 0 Å². The number of rotatable bonds is 5. The number of alkyl carbamates (subject to hydrolysis) is 1. The monoisotopic (exact) mass is 262 g/mol. The average Bonchev–Trinajstić information content (AvgIpc) is 2.21. The van der Waals surface area contributed by atoms with Crippen LogP contribution in [0.4, 0.5) is 4.79 Å². The van der Waals surface area contributed by atoms with Crippen LogP contribution in [0.1, 0.15) is 20.8 Å². The predicted molar refractivity (Wildman–Crippen MR) is 60.4 cm³/mol. The molecule has 0 atom stereocenters. The fourth-order valence-corrected chi connectivity index (χ4v) is 0.823. The predicted octanol–water partition coefficient (Wildman–Crippen LogP) is -0.880. The molecule has 0 radical (unpaired) electrons. The van der Waals surface area contributed by atoms with E-state index in [0.29, 0.717) is 0 Å². The first-order chi connectivity index (χ1) is 8.24. The molecule has 0 unspecified atom stereocenters. The van der Waals surface area contributed by atoms with E-state index >= 15 is 0 Å². The van der Waals surface area contributed by atoms with Gasteiger partial charge in [-0.25, -0.2) is 4.79 Å². The number of hydrogen-bond acceptors (Lipinski definition) is 6. The maximum atomic E-state index is 11.2. The van der Waals surface area contributed by atoms with Crippen molar-refractivity contribution in [2.75, 3.05) is 19.9 Å². The fourth-order valence-electron chi connectivity index (χ4n) is 0.823. The highest BCUT2D eigenvalue weighted by atomic mass is 16.6. The first-order valence-corrected chi connectivity index (χ1v) is 5.24. The van der Waals surface area contributed by atoms with E-state index in [1.165, 1.54) is 0 Å². The number of aliphatic hydroxyl groups is 1. The van der Waals surface area contributed by atoms with E-state index in [-0.39, 0.29) is 13.1 Å². The summed E-state index contributed by atoms with van der Waals surface area (Å²) in [5.74, 6) is -1.35. The van der Waals surface area contributed by atoms with Crippen molar-refractivity contribution < 1.29 is 29.0 Å². The largest absolute Gasteiger partial charge is 0.444 e. The van der Waals surface area contributed by atoms with Gasteiger partial charge < -0.3 is 25.2 Å². The molecule has 0 aliphatic rings. The quantitative estimate of drug-likeness (QED) is 0.438. The highest BCUT2D eigenvalue weighted by Gasteiger charge is 2.16. The molecule has 0 aromatic rings. The molecule has 18 heavy (non-hydrogen) atoms. The van der Waals surface area contributed by atoms with Crippen LogP contribution in [0.2, 0.25) is 0 Å². The summed E-state index contributed by atoms with van der Waals surface area (Å²) in [5, 5.41) is 12.7. The van der Waals surface area contributed by atoms with Crippen LogP contribution in [-0.4, -0.2) is 48.6 Å². The smallest absolute Gasteiger partial charge is 0.408 e. The molecular formula is C10H18N2O6. The Hall–Kier alpha value is -1.83. The summed E-state index contributed by atoms with van der Waals surface area (Å²) >= 11 is 0. The van der Waals surface area contributed by atoms with E-state index < -0.39 is 30.4 Å². The van der Waals surface area contributed by atoms with Crippen molar-refractivity contribution in [3.63, 3.8) is 0 Å². The average molecular weight is 262 g/mol. The second-order valence-electron chi connectivity index (χ2n) is 4.28. The van der Waals surface area contributed by atoms with Crippen LogP contribution in [-0.2, 0) is 19.1 Å². The van der Waals surface area contributed by atoms with Crippen molar-refractivity contribution in [3.8, 4) is 0 Å². The Labute approximate surface area is 105 Å². The number of hydrogen-bond donors (Lipinski definition) is 3. The van der Waals surface area contributed by atoms with Gasteiger partial charge in [0.05, 0.1) is 0 Å². The van der Waals surface area contributed by atoms with Gasteiger partial charge in [0.1, 0.15) is 18.7 Å². The summed E-state index contributed by atoms with van der Waals surface area (Å²) < 4.78 is 9.07.